The zero-order chi connectivity index (χ0) is 49.5. The van der Waals surface area contributed by atoms with Gasteiger partial charge in [0.05, 0.1) is 25.2 Å². The van der Waals surface area contributed by atoms with Gasteiger partial charge in [-0.2, -0.15) is 0 Å². The molecule has 68 heavy (non-hydrogen) atoms. The number of carbonyl (C=O) groups is 2. The first kappa shape index (κ1) is 65.3. The lowest BCUT2D eigenvalue weighted by Crippen LogP contribution is -2.46. The smallest absolute Gasteiger partial charge is 0.306 e. The number of aliphatic hydroxyl groups is 2. The lowest BCUT2D eigenvalue weighted by Gasteiger charge is -2.23. The summed E-state index contributed by atoms with van der Waals surface area (Å²) < 4.78 is 5.85. The van der Waals surface area contributed by atoms with Crippen LogP contribution in [-0.4, -0.2) is 46.9 Å². The van der Waals surface area contributed by atoms with Crippen LogP contribution in [0.5, 0.6) is 0 Å². The number of hydrogen-bond donors (Lipinski definition) is 3. The second-order valence-corrected chi connectivity index (χ2v) is 19.7. The number of hydrogen-bond acceptors (Lipinski definition) is 5. The zero-order valence-electron chi connectivity index (χ0n) is 45.0. The van der Waals surface area contributed by atoms with Gasteiger partial charge in [-0.05, 0) is 76.7 Å². The van der Waals surface area contributed by atoms with Crippen molar-refractivity contribution in [1.82, 2.24) is 5.32 Å². The van der Waals surface area contributed by atoms with E-state index in [2.05, 4.69) is 86.8 Å². The molecule has 3 atom stereocenters. The standard InChI is InChI=1S/C62H111NO5/c1-4-7-10-13-16-19-22-25-28-30-31-32-34-37-40-43-46-49-52-55-62(67)68-58(53-50-47-44-41-38-35-27-24-21-18-15-12-9-6-3)56-61(66)63-59(57-64)60(65)54-51-48-45-42-39-36-33-29-26-23-20-17-14-11-8-5-2/h9,12,18,21,25,27-28,35,41,44,50,53,58-60,64-65H,4-8,10-11,13-17,19-20,22-24,26,29-34,36-40,42-43,45-49,51-52,54-57H2,1-3H3,(H,63,66)/b12-9+,21-18+,28-25+,35-27+,44-41+,53-50+. The van der Waals surface area contributed by atoms with Gasteiger partial charge in [0.25, 0.3) is 0 Å². The predicted octanol–water partition coefficient (Wildman–Crippen LogP) is 18.1. The van der Waals surface area contributed by atoms with E-state index < -0.39 is 18.2 Å². The van der Waals surface area contributed by atoms with E-state index >= 15 is 0 Å². The first-order chi connectivity index (χ1) is 33.5. The molecule has 6 heteroatoms. The molecule has 6 nitrogen and oxygen atoms in total. The molecular formula is C62H111NO5. The zero-order valence-corrected chi connectivity index (χ0v) is 45.0. The molecule has 0 heterocycles. The van der Waals surface area contributed by atoms with Crippen LogP contribution in [0, 0.1) is 0 Å². The maximum absolute atomic E-state index is 13.2. The van der Waals surface area contributed by atoms with Crippen molar-refractivity contribution < 1.29 is 24.5 Å². The highest BCUT2D eigenvalue weighted by atomic mass is 16.5. The topological polar surface area (TPSA) is 95.9 Å². The van der Waals surface area contributed by atoms with Gasteiger partial charge in [0.2, 0.25) is 5.91 Å². The Balaban J connectivity index is 4.62. The van der Waals surface area contributed by atoms with Crippen molar-refractivity contribution in [3.63, 3.8) is 0 Å². The lowest BCUT2D eigenvalue weighted by atomic mass is 10.0. The molecule has 0 spiro atoms. The Morgan fingerprint density at radius 3 is 1.24 bits per heavy atom. The highest BCUT2D eigenvalue weighted by Crippen LogP contribution is 2.17. The van der Waals surface area contributed by atoms with Crippen molar-refractivity contribution in [1.29, 1.82) is 0 Å². The lowest BCUT2D eigenvalue weighted by molar-refractivity contribution is -0.148. The highest BCUT2D eigenvalue weighted by molar-refractivity contribution is 5.78. The molecule has 0 aromatic heterocycles. The Hall–Kier alpha value is -2.70. The van der Waals surface area contributed by atoms with Crippen molar-refractivity contribution in [2.24, 2.45) is 0 Å². The van der Waals surface area contributed by atoms with Gasteiger partial charge in [0.15, 0.2) is 0 Å². The molecule has 1 amide bonds. The van der Waals surface area contributed by atoms with E-state index in [1.807, 2.05) is 12.2 Å². The summed E-state index contributed by atoms with van der Waals surface area (Å²) in [6.07, 6.45) is 71.5. The number of esters is 1. The molecule has 0 fully saturated rings. The monoisotopic (exact) mass is 950 g/mol. The van der Waals surface area contributed by atoms with Gasteiger partial charge < -0.3 is 20.3 Å². The summed E-state index contributed by atoms with van der Waals surface area (Å²) in [5.41, 5.74) is 0. The number of nitrogens with one attached hydrogen (secondary N) is 1. The SMILES string of the molecule is CC/C=C/C/C=C/C/C=C/C/C=C/C/C=C/C(CC(=O)NC(CO)C(O)CCCCCCCCCCCCCCCCCC)OC(=O)CCCCCCCCCCC/C=C/CCCCCCCC. The Bertz CT molecular complexity index is 1250. The molecule has 0 radical (unpaired) electrons. The number of amides is 1. The van der Waals surface area contributed by atoms with Crippen molar-refractivity contribution in [3.05, 3.63) is 72.9 Å². The van der Waals surface area contributed by atoms with E-state index in [1.165, 1.54) is 173 Å². The molecule has 3 unspecified atom stereocenters. The van der Waals surface area contributed by atoms with E-state index in [-0.39, 0.29) is 24.9 Å². The predicted molar refractivity (Wildman–Crippen MR) is 296 cm³/mol. The van der Waals surface area contributed by atoms with Crippen molar-refractivity contribution in [2.45, 2.75) is 302 Å². The largest absolute Gasteiger partial charge is 0.458 e. The summed E-state index contributed by atoms with van der Waals surface area (Å²) in [5.74, 6) is -0.625. The van der Waals surface area contributed by atoms with Crippen molar-refractivity contribution in [2.75, 3.05) is 6.61 Å². The van der Waals surface area contributed by atoms with E-state index in [0.717, 1.165) is 64.2 Å². The molecule has 0 bridgehead atoms. The number of rotatable bonds is 52. The first-order valence-corrected chi connectivity index (χ1v) is 29.2. The van der Waals surface area contributed by atoms with E-state index in [4.69, 9.17) is 4.74 Å². The van der Waals surface area contributed by atoms with Crippen molar-refractivity contribution >= 4 is 11.9 Å². The minimum absolute atomic E-state index is 0.0474. The quantitative estimate of drug-likeness (QED) is 0.0321. The third kappa shape index (κ3) is 49.7. The average molecular weight is 951 g/mol. The summed E-state index contributed by atoms with van der Waals surface area (Å²) in [6, 6.07) is -0.745. The molecular weight excluding hydrogens is 839 g/mol. The third-order valence-electron chi connectivity index (χ3n) is 13.0. The third-order valence-corrected chi connectivity index (χ3v) is 13.0. The molecule has 0 aromatic rings. The fraction of sp³-hybridized carbons (Fsp3) is 0.774. The summed E-state index contributed by atoms with van der Waals surface area (Å²) in [4.78, 5) is 26.2. The molecule has 0 aliphatic carbocycles. The fourth-order valence-electron chi connectivity index (χ4n) is 8.62. The number of carbonyl (C=O) groups excluding carboxylic acids is 2. The van der Waals surface area contributed by atoms with Gasteiger partial charge in [-0.15, -0.1) is 0 Å². The normalized spacial score (nSPS) is 13.7. The first-order valence-electron chi connectivity index (χ1n) is 29.2. The Morgan fingerprint density at radius 1 is 0.456 bits per heavy atom. The second kappa shape index (κ2) is 55.2. The van der Waals surface area contributed by atoms with Crippen LogP contribution in [0.2, 0.25) is 0 Å². The van der Waals surface area contributed by atoms with Crippen LogP contribution in [0.1, 0.15) is 284 Å². The average Bonchev–Trinajstić information content (AvgIpc) is 3.33. The summed E-state index contributed by atoms with van der Waals surface area (Å²) >= 11 is 0. The number of allylic oxidation sites excluding steroid dienone is 11. The second-order valence-electron chi connectivity index (χ2n) is 19.7. The van der Waals surface area contributed by atoms with Gasteiger partial charge in [-0.25, -0.2) is 0 Å². The summed E-state index contributed by atoms with van der Waals surface area (Å²) in [7, 11) is 0. The molecule has 394 valence electrons. The highest BCUT2D eigenvalue weighted by Gasteiger charge is 2.23. The Labute approximate surface area is 421 Å². The number of aliphatic hydroxyl groups excluding tert-OH is 2. The molecule has 0 saturated heterocycles. The van der Waals surface area contributed by atoms with Gasteiger partial charge in [-0.1, -0.05) is 267 Å². The molecule has 0 aliphatic rings. The molecule has 0 aliphatic heterocycles. The fourth-order valence-corrected chi connectivity index (χ4v) is 8.62. The summed E-state index contributed by atoms with van der Waals surface area (Å²) in [5, 5.41) is 23.8. The Kier molecular flexibility index (Phi) is 53.0. The minimum atomic E-state index is -0.822. The van der Waals surface area contributed by atoms with Gasteiger partial charge in [0.1, 0.15) is 6.10 Å². The summed E-state index contributed by atoms with van der Waals surface area (Å²) in [6.45, 7) is 6.35. The number of unbranched alkanes of at least 4 members (excludes halogenated alkanes) is 30. The van der Waals surface area contributed by atoms with Crippen molar-refractivity contribution in [3.8, 4) is 0 Å². The van der Waals surface area contributed by atoms with Crippen LogP contribution >= 0.6 is 0 Å². The van der Waals surface area contributed by atoms with Crippen LogP contribution in [0.25, 0.3) is 0 Å². The molecule has 0 rings (SSSR count). The number of ether oxygens (including phenoxy) is 1. The maximum atomic E-state index is 13.2. The van der Waals surface area contributed by atoms with Gasteiger partial charge in [-0.3, -0.25) is 9.59 Å². The van der Waals surface area contributed by atoms with Crippen LogP contribution in [-0.2, 0) is 14.3 Å². The van der Waals surface area contributed by atoms with Crippen LogP contribution in [0.15, 0.2) is 72.9 Å². The van der Waals surface area contributed by atoms with Gasteiger partial charge in [0, 0.05) is 6.42 Å². The minimum Gasteiger partial charge on any atom is -0.458 e. The molecule has 0 aromatic carbocycles. The van der Waals surface area contributed by atoms with E-state index in [9.17, 15) is 19.8 Å². The van der Waals surface area contributed by atoms with E-state index in [0.29, 0.717) is 19.3 Å². The van der Waals surface area contributed by atoms with E-state index in [1.54, 1.807) is 0 Å². The molecule has 0 saturated carbocycles. The maximum Gasteiger partial charge on any atom is 0.306 e. The van der Waals surface area contributed by atoms with Crippen LogP contribution in [0.4, 0.5) is 0 Å². The van der Waals surface area contributed by atoms with Gasteiger partial charge >= 0.3 is 5.97 Å². The molecule has 3 N–H and O–H groups in total. The van der Waals surface area contributed by atoms with Crippen LogP contribution in [0.3, 0.4) is 0 Å². The van der Waals surface area contributed by atoms with Crippen LogP contribution < -0.4 is 5.32 Å². The Morgan fingerprint density at radius 2 is 0.824 bits per heavy atom.